The molecule has 1 atom stereocenters. The molecule has 0 saturated heterocycles. The molecule has 0 aliphatic carbocycles. The first-order chi connectivity index (χ1) is 7.74. The van der Waals surface area contributed by atoms with Crippen molar-refractivity contribution in [1.82, 2.24) is 10.3 Å². The van der Waals surface area contributed by atoms with Crippen LogP contribution in [0.15, 0.2) is 29.2 Å². The zero-order chi connectivity index (χ0) is 11.5. The number of anilines is 1. The second-order valence-corrected chi connectivity index (χ2v) is 4.48. The molecule has 0 amide bonds. The van der Waals surface area contributed by atoms with Crippen LogP contribution in [0.25, 0.3) is 0 Å². The van der Waals surface area contributed by atoms with Crippen molar-refractivity contribution >= 4 is 17.0 Å². The summed E-state index contributed by atoms with van der Waals surface area (Å²) in [5, 5.41) is 7.59. The number of pyridine rings is 1. The number of nitrogen functional groups attached to an aromatic ring is 1. The van der Waals surface area contributed by atoms with Gasteiger partial charge in [0, 0.05) is 23.6 Å². The van der Waals surface area contributed by atoms with Gasteiger partial charge in [-0.3, -0.25) is 4.98 Å². The molecule has 3 nitrogen and oxygen atoms in total. The van der Waals surface area contributed by atoms with Gasteiger partial charge in [-0.2, -0.15) is 11.3 Å². The molecule has 16 heavy (non-hydrogen) atoms. The molecule has 2 rings (SSSR count). The van der Waals surface area contributed by atoms with Crippen molar-refractivity contribution in [2.24, 2.45) is 0 Å². The zero-order valence-corrected chi connectivity index (χ0v) is 10.2. The first-order valence-electron chi connectivity index (χ1n) is 5.13. The molecule has 84 valence electrons. The topological polar surface area (TPSA) is 50.9 Å². The molecule has 3 N–H and O–H groups in total. The third kappa shape index (κ3) is 1.94. The van der Waals surface area contributed by atoms with E-state index in [1.807, 2.05) is 19.3 Å². The fourth-order valence-electron chi connectivity index (χ4n) is 1.80. The molecule has 2 aromatic heterocycles. The first kappa shape index (κ1) is 11.1. The smallest absolute Gasteiger partial charge is 0.0620 e. The lowest BCUT2D eigenvalue weighted by molar-refractivity contribution is 0.689. The van der Waals surface area contributed by atoms with Gasteiger partial charge < -0.3 is 11.1 Å². The van der Waals surface area contributed by atoms with E-state index in [1.54, 1.807) is 17.5 Å². The number of hydrogen-bond donors (Lipinski definition) is 2. The first-order valence-corrected chi connectivity index (χ1v) is 6.07. The van der Waals surface area contributed by atoms with E-state index < -0.39 is 0 Å². The number of nitrogens with zero attached hydrogens (tertiary/aromatic N) is 1. The van der Waals surface area contributed by atoms with E-state index in [4.69, 9.17) is 5.73 Å². The average Bonchev–Trinajstić information content (AvgIpc) is 2.69. The van der Waals surface area contributed by atoms with Gasteiger partial charge in [-0.05, 0) is 41.9 Å². The van der Waals surface area contributed by atoms with Gasteiger partial charge in [0.1, 0.15) is 0 Å². The Morgan fingerprint density at radius 2 is 2.19 bits per heavy atom. The Hall–Kier alpha value is -1.39. The number of aromatic nitrogens is 1. The quantitative estimate of drug-likeness (QED) is 0.855. The van der Waals surface area contributed by atoms with Gasteiger partial charge in [0.15, 0.2) is 0 Å². The number of thiophene rings is 1. The number of nitrogens with two attached hydrogens (primary N) is 1. The van der Waals surface area contributed by atoms with E-state index in [1.165, 1.54) is 11.1 Å². The predicted octanol–water partition coefficient (Wildman–Crippen LogP) is 2.34. The summed E-state index contributed by atoms with van der Waals surface area (Å²) in [6.45, 7) is 2.11. The van der Waals surface area contributed by atoms with E-state index in [0.717, 1.165) is 11.3 Å². The van der Waals surface area contributed by atoms with Crippen molar-refractivity contribution in [2.45, 2.75) is 13.0 Å². The van der Waals surface area contributed by atoms with Gasteiger partial charge in [0.2, 0.25) is 0 Å². The molecule has 4 heteroatoms. The average molecular weight is 233 g/mol. The number of nitrogens with one attached hydrogen (secondary N) is 1. The summed E-state index contributed by atoms with van der Waals surface area (Å²) in [5.74, 6) is 0. The van der Waals surface area contributed by atoms with Crippen LogP contribution in [0.4, 0.5) is 5.69 Å². The summed E-state index contributed by atoms with van der Waals surface area (Å²) in [7, 11) is 1.94. The fourth-order valence-corrected chi connectivity index (χ4v) is 2.68. The predicted molar refractivity (Wildman–Crippen MR) is 68.6 cm³/mol. The largest absolute Gasteiger partial charge is 0.398 e. The molecule has 1 unspecified atom stereocenters. The summed E-state index contributed by atoms with van der Waals surface area (Å²) in [6, 6.07) is 1.96. The SMILES string of the molecule is CNC(c1cscc1C)c1cnccc1N. The van der Waals surface area contributed by atoms with Gasteiger partial charge in [0.25, 0.3) is 0 Å². The Balaban J connectivity index is 2.45. The van der Waals surface area contributed by atoms with Crippen molar-refractivity contribution in [2.75, 3.05) is 12.8 Å². The van der Waals surface area contributed by atoms with Crippen LogP contribution in [0.3, 0.4) is 0 Å². The molecule has 0 saturated carbocycles. The maximum atomic E-state index is 5.98. The van der Waals surface area contributed by atoms with Crippen molar-refractivity contribution < 1.29 is 0 Å². The van der Waals surface area contributed by atoms with Crippen molar-refractivity contribution in [3.05, 3.63) is 45.9 Å². The molecule has 0 bridgehead atoms. The van der Waals surface area contributed by atoms with Crippen LogP contribution >= 0.6 is 11.3 Å². The van der Waals surface area contributed by atoms with Crippen molar-refractivity contribution in [3.8, 4) is 0 Å². The highest BCUT2D eigenvalue weighted by Crippen LogP contribution is 2.29. The number of aryl methyl sites for hydroxylation is 1. The summed E-state index contributed by atoms with van der Waals surface area (Å²) in [6.07, 6.45) is 3.54. The van der Waals surface area contributed by atoms with Crippen LogP contribution in [-0.4, -0.2) is 12.0 Å². The van der Waals surface area contributed by atoms with Crippen LogP contribution in [-0.2, 0) is 0 Å². The van der Waals surface area contributed by atoms with Crippen molar-refractivity contribution in [1.29, 1.82) is 0 Å². The Bertz CT molecular complexity index is 479. The molecular formula is C12H15N3S. The zero-order valence-electron chi connectivity index (χ0n) is 9.40. The van der Waals surface area contributed by atoms with E-state index in [-0.39, 0.29) is 6.04 Å². The molecule has 2 heterocycles. The van der Waals surface area contributed by atoms with Crippen LogP contribution in [0, 0.1) is 6.92 Å². The van der Waals surface area contributed by atoms with E-state index >= 15 is 0 Å². The van der Waals surface area contributed by atoms with Crippen molar-refractivity contribution in [3.63, 3.8) is 0 Å². The highest BCUT2D eigenvalue weighted by molar-refractivity contribution is 7.08. The minimum absolute atomic E-state index is 0.125. The third-order valence-electron chi connectivity index (χ3n) is 2.69. The fraction of sp³-hybridized carbons (Fsp3) is 0.250. The monoisotopic (exact) mass is 233 g/mol. The molecule has 2 aromatic rings. The maximum absolute atomic E-state index is 5.98. The minimum Gasteiger partial charge on any atom is -0.398 e. The van der Waals surface area contributed by atoms with Crippen LogP contribution in [0.1, 0.15) is 22.7 Å². The number of rotatable bonds is 3. The molecule has 0 spiro atoms. The lowest BCUT2D eigenvalue weighted by atomic mass is 9.99. The standard InChI is InChI=1S/C12H15N3S/c1-8-6-16-7-10(8)12(14-2)9-5-15-4-3-11(9)13/h3-7,12,14H,1-2H3,(H2,13,15). The molecule has 0 aliphatic rings. The highest BCUT2D eigenvalue weighted by Gasteiger charge is 2.17. The lowest BCUT2D eigenvalue weighted by Gasteiger charge is -2.18. The molecule has 0 radical (unpaired) electrons. The van der Waals surface area contributed by atoms with Gasteiger partial charge in [-0.15, -0.1) is 0 Å². The van der Waals surface area contributed by atoms with Gasteiger partial charge in [-0.1, -0.05) is 0 Å². The molecule has 0 aromatic carbocycles. The third-order valence-corrected chi connectivity index (χ3v) is 3.57. The second kappa shape index (κ2) is 4.63. The summed E-state index contributed by atoms with van der Waals surface area (Å²) in [4.78, 5) is 4.14. The van der Waals surface area contributed by atoms with E-state index in [0.29, 0.717) is 0 Å². The van der Waals surface area contributed by atoms with Crippen LogP contribution in [0.2, 0.25) is 0 Å². The summed E-state index contributed by atoms with van der Waals surface area (Å²) < 4.78 is 0. The summed E-state index contributed by atoms with van der Waals surface area (Å²) >= 11 is 1.71. The highest BCUT2D eigenvalue weighted by atomic mass is 32.1. The second-order valence-electron chi connectivity index (χ2n) is 3.74. The lowest BCUT2D eigenvalue weighted by Crippen LogP contribution is -2.19. The minimum atomic E-state index is 0.125. The maximum Gasteiger partial charge on any atom is 0.0620 e. The molecule has 0 aliphatic heterocycles. The van der Waals surface area contributed by atoms with Crippen LogP contribution < -0.4 is 11.1 Å². The summed E-state index contributed by atoms with van der Waals surface area (Å²) in [5.41, 5.74) is 10.3. The Labute approximate surface area is 99.3 Å². The van der Waals surface area contributed by atoms with Gasteiger partial charge in [0.05, 0.1) is 6.04 Å². The van der Waals surface area contributed by atoms with Crippen LogP contribution in [0.5, 0.6) is 0 Å². The Kier molecular flexibility index (Phi) is 3.22. The Morgan fingerprint density at radius 3 is 2.75 bits per heavy atom. The Morgan fingerprint density at radius 1 is 1.38 bits per heavy atom. The van der Waals surface area contributed by atoms with E-state index in [2.05, 4.69) is 28.0 Å². The molecule has 0 fully saturated rings. The van der Waals surface area contributed by atoms with Gasteiger partial charge in [-0.25, -0.2) is 0 Å². The number of hydrogen-bond acceptors (Lipinski definition) is 4. The normalized spacial score (nSPS) is 12.6. The van der Waals surface area contributed by atoms with Gasteiger partial charge >= 0.3 is 0 Å². The van der Waals surface area contributed by atoms with E-state index in [9.17, 15) is 0 Å². The molecular weight excluding hydrogens is 218 g/mol.